The van der Waals surface area contributed by atoms with Crippen LogP contribution in [0, 0.1) is 5.92 Å². The maximum Gasteiger partial charge on any atom is 0.231 e. The molecule has 2 atom stereocenters. The molecular weight excluding hydrogens is 382 g/mol. The quantitative estimate of drug-likeness (QED) is 0.687. The number of halogens is 1. The molecule has 3 aromatic rings. The summed E-state index contributed by atoms with van der Waals surface area (Å²) in [6.07, 6.45) is 6.51. The molecule has 1 aromatic carbocycles. The van der Waals surface area contributed by atoms with Crippen LogP contribution in [0.15, 0.2) is 48.9 Å². The first-order chi connectivity index (χ1) is 12.7. The van der Waals surface area contributed by atoms with E-state index in [0.717, 1.165) is 23.4 Å². The van der Waals surface area contributed by atoms with Gasteiger partial charge in [-0.15, -0.1) is 23.7 Å². The molecular formula is C19H22ClN5OS. The Hall–Kier alpha value is -2.22. The molecule has 0 spiro atoms. The molecule has 0 unspecified atom stereocenters. The Bertz CT molecular complexity index is 894. The Morgan fingerprint density at radius 1 is 1.30 bits per heavy atom. The Morgan fingerprint density at radius 3 is 2.85 bits per heavy atom. The van der Waals surface area contributed by atoms with Gasteiger partial charge in [-0.3, -0.25) is 9.48 Å². The van der Waals surface area contributed by atoms with Gasteiger partial charge in [-0.2, -0.15) is 5.10 Å². The van der Waals surface area contributed by atoms with Crippen LogP contribution in [-0.4, -0.2) is 33.8 Å². The van der Waals surface area contributed by atoms with Crippen LogP contribution in [0.3, 0.4) is 0 Å². The minimum Gasteiger partial charge on any atom is -0.315 e. The lowest BCUT2D eigenvalue weighted by molar-refractivity contribution is -0.119. The lowest BCUT2D eigenvalue weighted by atomic mass is 9.90. The number of aromatic nitrogens is 3. The van der Waals surface area contributed by atoms with Gasteiger partial charge < -0.3 is 10.6 Å². The van der Waals surface area contributed by atoms with E-state index >= 15 is 0 Å². The topological polar surface area (TPSA) is 71.8 Å². The summed E-state index contributed by atoms with van der Waals surface area (Å²) in [5.74, 6) is 0.0533. The second kappa shape index (κ2) is 8.65. The van der Waals surface area contributed by atoms with E-state index in [1.807, 2.05) is 43.8 Å². The molecule has 2 N–H and O–H groups in total. The van der Waals surface area contributed by atoms with E-state index in [2.05, 4.69) is 32.8 Å². The van der Waals surface area contributed by atoms with Crippen LogP contribution in [0.1, 0.15) is 21.9 Å². The molecule has 0 bridgehead atoms. The van der Waals surface area contributed by atoms with Gasteiger partial charge in [-0.1, -0.05) is 30.3 Å². The highest BCUT2D eigenvalue weighted by molar-refractivity contribution is 7.15. The van der Waals surface area contributed by atoms with Gasteiger partial charge in [0.2, 0.25) is 5.91 Å². The normalized spacial score (nSPS) is 18.9. The highest BCUT2D eigenvalue weighted by Crippen LogP contribution is 2.29. The number of carbonyl (C=O) groups excluding carboxylic acids is 1. The van der Waals surface area contributed by atoms with Gasteiger partial charge in [0.25, 0.3) is 0 Å². The maximum absolute atomic E-state index is 12.8. The molecule has 1 fully saturated rings. The molecule has 6 nitrogen and oxygen atoms in total. The van der Waals surface area contributed by atoms with Gasteiger partial charge in [0.15, 0.2) is 5.13 Å². The average molecular weight is 404 g/mol. The molecule has 2 aromatic heterocycles. The molecule has 0 saturated carbocycles. The minimum atomic E-state index is -0.110. The summed E-state index contributed by atoms with van der Waals surface area (Å²) in [4.78, 5) is 18.3. The molecule has 0 radical (unpaired) electrons. The van der Waals surface area contributed by atoms with Gasteiger partial charge in [0.1, 0.15) is 0 Å². The van der Waals surface area contributed by atoms with Crippen molar-refractivity contribution in [2.75, 3.05) is 18.4 Å². The number of thiazole rings is 1. The minimum absolute atomic E-state index is 0. The molecule has 1 saturated heterocycles. The number of hydrogen-bond acceptors (Lipinski definition) is 5. The summed E-state index contributed by atoms with van der Waals surface area (Å²) in [6, 6.07) is 10.3. The fourth-order valence-electron chi connectivity index (χ4n) is 3.38. The lowest BCUT2D eigenvalue weighted by Gasteiger charge is -2.15. The number of anilines is 1. The molecule has 3 heterocycles. The zero-order chi connectivity index (χ0) is 17.9. The van der Waals surface area contributed by atoms with E-state index in [1.54, 1.807) is 4.68 Å². The highest BCUT2D eigenvalue weighted by Gasteiger charge is 2.35. The van der Waals surface area contributed by atoms with E-state index < -0.39 is 0 Å². The molecule has 4 rings (SSSR count). The zero-order valence-electron chi connectivity index (χ0n) is 15.0. The smallest absolute Gasteiger partial charge is 0.231 e. The largest absolute Gasteiger partial charge is 0.315 e. The van der Waals surface area contributed by atoms with Crippen LogP contribution >= 0.6 is 23.7 Å². The summed E-state index contributed by atoms with van der Waals surface area (Å²) in [7, 11) is 1.89. The molecule has 8 heteroatoms. The molecule has 1 amide bonds. The molecule has 1 aliphatic rings. The van der Waals surface area contributed by atoms with Crippen molar-refractivity contribution in [2.45, 2.75) is 12.3 Å². The number of hydrogen-bond donors (Lipinski definition) is 2. The molecule has 27 heavy (non-hydrogen) atoms. The summed E-state index contributed by atoms with van der Waals surface area (Å²) in [5, 5.41) is 11.2. The number of carbonyl (C=O) groups is 1. The van der Waals surface area contributed by atoms with E-state index in [4.69, 9.17) is 0 Å². The van der Waals surface area contributed by atoms with Gasteiger partial charge in [0, 0.05) is 49.7 Å². The van der Waals surface area contributed by atoms with Crippen molar-refractivity contribution in [3.8, 4) is 0 Å². The third-order valence-electron chi connectivity index (χ3n) is 4.71. The number of rotatable bonds is 5. The SMILES string of the molecule is Cl.Cn1cc([C@H]2CNC[C@@H]2C(=O)Nc2ncc(Cc3ccccc3)s2)cn1. The number of nitrogens with one attached hydrogen (secondary N) is 2. The number of aryl methyl sites for hydroxylation is 1. The fourth-order valence-corrected chi connectivity index (χ4v) is 4.23. The van der Waals surface area contributed by atoms with E-state index in [1.165, 1.54) is 16.9 Å². The van der Waals surface area contributed by atoms with E-state index in [-0.39, 0.29) is 30.2 Å². The van der Waals surface area contributed by atoms with Crippen LogP contribution in [0.25, 0.3) is 0 Å². The van der Waals surface area contributed by atoms with Gasteiger partial charge in [-0.25, -0.2) is 4.98 Å². The summed E-state index contributed by atoms with van der Waals surface area (Å²) in [5.41, 5.74) is 2.34. The van der Waals surface area contributed by atoms with Gasteiger partial charge in [0.05, 0.1) is 12.1 Å². The fraction of sp³-hybridized carbons (Fsp3) is 0.316. The first kappa shape index (κ1) is 19.5. The van der Waals surface area contributed by atoms with Crippen molar-refractivity contribution in [1.82, 2.24) is 20.1 Å². The Balaban J connectivity index is 0.00000210. The van der Waals surface area contributed by atoms with E-state index in [0.29, 0.717) is 11.7 Å². The van der Waals surface area contributed by atoms with Crippen LogP contribution in [0.2, 0.25) is 0 Å². The second-order valence-electron chi connectivity index (χ2n) is 6.60. The van der Waals surface area contributed by atoms with Crippen molar-refractivity contribution in [2.24, 2.45) is 13.0 Å². The number of benzene rings is 1. The second-order valence-corrected chi connectivity index (χ2v) is 7.72. The first-order valence-corrected chi connectivity index (χ1v) is 9.49. The Labute approximate surface area is 168 Å². The van der Waals surface area contributed by atoms with Crippen LogP contribution in [0.5, 0.6) is 0 Å². The first-order valence-electron chi connectivity index (χ1n) is 8.68. The molecule has 1 aliphatic heterocycles. The van der Waals surface area contributed by atoms with Gasteiger partial charge in [-0.05, 0) is 11.1 Å². The highest BCUT2D eigenvalue weighted by atomic mass is 35.5. The van der Waals surface area contributed by atoms with Crippen molar-refractivity contribution in [3.05, 3.63) is 64.9 Å². The van der Waals surface area contributed by atoms with Crippen LogP contribution in [-0.2, 0) is 18.3 Å². The maximum atomic E-state index is 12.8. The number of nitrogens with zero attached hydrogens (tertiary/aromatic N) is 3. The lowest BCUT2D eigenvalue weighted by Crippen LogP contribution is -2.27. The van der Waals surface area contributed by atoms with E-state index in [9.17, 15) is 4.79 Å². The third-order valence-corrected chi connectivity index (χ3v) is 5.62. The van der Waals surface area contributed by atoms with Crippen molar-refractivity contribution in [3.63, 3.8) is 0 Å². The van der Waals surface area contributed by atoms with Crippen molar-refractivity contribution >= 4 is 34.8 Å². The molecule has 142 valence electrons. The summed E-state index contributed by atoms with van der Waals surface area (Å²) in [6.45, 7) is 1.47. The standard InChI is InChI=1S/C19H21N5OS.ClH/c1-24-12-14(8-22-24)16-10-20-11-17(16)18(25)23-19-21-9-15(26-19)7-13-5-3-2-4-6-13;/h2-6,8-9,12,16-17,20H,7,10-11H2,1H3,(H,21,23,25);1H/t16-,17+;/m1./s1. The predicted molar refractivity (Wildman–Crippen MR) is 110 cm³/mol. The van der Waals surface area contributed by atoms with Crippen molar-refractivity contribution < 1.29 is 4.79 Å². The molecule has 0 aliphatic carbocycles. The average Bonchev–Trinajstić information content (AvgIpc) is 3.36. The van der Waals surface area contributed by atoms with Crippen LogP contribution in [0.4, 0.5) is 5.13 Å². The predicted octanol–water partition coefficient (Wildman–Crippen LogP) is 2.83. The number of amides is 1. The Kier molecular flexibility index (Phi) is 6.26. The van der Waals surface area contributed by atoms with Crippen LogP contribution < -0.4 is 10.6 Å². The van der Waals surface area contributed by atoms with Gasteiger partial charge >= 0.3 is 0 Å². The van der Waals surface area contributed by atoms with Crippen molar-refractivity contribution in [1.29, 1.82) is 0 Å². The zero-order valence-corrected chi connectivity index (χ0v) is 16.6. The third kappa shape index (κ3) is 4.55. The Morgan fingerprint density at radius 2 is 2.11 bits per heavy atom. The summed E-state index contributed by atoms with van der Waals surface area (Å²) >= 11 is 1.54. The summed E-state index contributed by atoms with van der Waals surface area (Å²) < 4.78 is 1.78. The monoisotopic (exact) mass is 403 g/mol.